The van der Waals surface area contributed by atoms with Gasteiger partial charge in [-0.3, -0.25) is 4.79 Å². The van der Waals surface area contributed by atoms with Crippen molar-refractivity contribution in [2.75, 3.05) is 0 Å². The number of hydrogen-bond acceptors (Lipinski definition) is 4. The highest BCUT2D eigenvalue weighted by Gasteiger charge is 2.28. The first-order valence-electron chi connectivity index (χ1n) is 4.32. The summed E-state index contributed by atoms with van der Waals surface area (Å²) in [4.78, 5) is 17.6. The molecule has 1 aliphatic carbocycles. The normalized spacial score (nSPS) is 25.6. The molecule has 0 spiro atoms. The van der Waals surface area contributed by atoms with E-state index in [-0.39, 0.29) is 17.7 Å². The first kappa shape index (κ1) is 9.91. The van der Waals surface area contributed by atoms with Gasteiger partial charge < -0.3 is 15.5 Å². The van der Waals surface area contributed by atoms with Crippen molar-refractivity contribution in [3.8, 4) is 5.88 Å². The van der Waals surface area contributed by atoms with Gasteiger partial charge in [0.2, 0.25) is 5.88 Å². The first-order chi connectivity index (χ1) is 6.66. The lowest BCUT2D eigenvalue weighted by Crippen LogP contribution is -2.43. The maximum absolute atomic E-state index is 11.2. The average Bonchev–Trinajstić information content (AvgIpc) is 2.10. The Bertz CT molecular complexity index is 386. The molecule has 0 saturated heterocycles. The van der Waals surface area contributed by atoms with E-state index in [0.717, 1.165) is 12.8 Å². The van der Waals surface area contributed by atoms with Crippen LogP contribution < -0.4 is 16.0 Å². The third-order valence-electron chi connectivity index (χ3n) is 2.17. The third kappa shape index (κ3) is 1.90. The molecule has 0 radical (unpaired) electrons. The highest BCUT2D eigenvalue weighted by molar-refractivity contribution is 14.1. The van der Waals surface area contributed by atoms with Crippen LogP contribution >= 0.6 is 22.6 Å². The summed E-state index contributed by atoms with van der Waals surface area (Å²) in [6.07, 6.45) is 3.14. The fourth-order valence-electron chi connectivity index (χ4n) is 1.31. The van der Waals surface area contributed by atoms with Crippen LogP contribution in [0.3, 0.4) is 0 Å². The van der Waals surface area contributed by atoms with Crippen molar-refractivity contribution < 1.29 is 4.74 Å². The van der Waals surface area contributed by atoms with Crippen molar-refractivity contribution >= 4 is 22.6 Å². The summed E-state index contributed by atoms with van der Waals surface area (Å²) in [6.45, 7) is 0. The van der Waals surface area contributed by atoms with E-state index in [1.54, 1.807) is 0 Å². The zero-order chi connectivity index (χ0) is 10.1. The molecule has 0 unspecified atom stereocenters. The Balaban J connectivity index is 2.10. The molecular weight excluding hydrogens is 297 g/mol. The predicted molar refractivity (Wildman–Crippen MR) is 59.2 cm³/mol. The molecule has 1 fully saturated rings. The van der Waals surface area contributed by atoms with E-state index in [9.17, 15) is 4.79 Å². The third-order valence-corrected chi connectivity index (χ3v) is 3.13. The molecule has 0 aliphatic heterocycles. The summed E-state index contributed by atoms with van der Waals surface area (Å²) < 4.78 is 6.00. The van der Waals surface area contributed by atoms with Gasteiger partial charge in [0.1, 0.15) is 9.67 Å². The molecule has 1 aliphatic rings. The summed E-state index contributed by atoms with van der Waals surface area (Å²) in [5, 5.41) is 0. The van der Waals surface area contributed by atoms with Crippen LogP contribution in [0.25, 0.3) is 0 Å². The molecule has 0 amide bonds. The summed E-state index contributed by atoms with van der Waals surface area (Å²) in [5.74, 6) is 0.409. The molecule has 0 bridgehead atoms. The topological polar surface area (TPSA) is 81.0 Å². The summed E-state index contributed by atoms with van der Waals surface area (Å²) in [6, 6.07) is 0.236. The second-order valence-corrected chi connectivity index (χ2v) is 4.40. The lowest BCUT2D eigenvalue weighted by Gasteiger charge is -2.32. The van der Waals surface area contributed by atoms with E-state index in [4.69, 9.17) is 10.5 Å². The van der Waals surface area contributed by atoms with Gasteiger partial charge >= 0.3 is 0 Å². The lowest BCUT2D eigenvalue weighted by atomic mass is 9.90. The number of nitrogens with zero attached hydrogens (tertiary/aromatic N) is 1. The Morgan fingerprint density at radius 1 is 1.64 bits per heavy atom. The van der Waals surface area contributed by atoms with Gasteiger partial charge in [0, 0.05) is 6.04 Å². The average molecular weight is 307 g/mol. The number of aromatic nitrogens is 2. The fourth-order valence-corrected chi connectivity index (χ4v) is 1.73. The van der Waals surface area contributed by atoms with Crippen LogP contribution in [0.4, 0.5) is 0 Å². The van der Waals surface area contributed by atoms with Gasteiger partial charge in [0.05, 0.1) is 6.33 Å². The summed E-state index contributed by atoms with van der Waals surface area (Å²) in [5.41, 5.74) is 5.45. The minimum atomic E-state index is -0.167. The van der Waals surface area contributed by atoms with Gasteiger partial charge in [-0.05, 0) is 35.4 Å². The molecule has 76 valence electrons. The molecular formula is C8H10IN3O2. The molecule has 1 saturated carbocycles. The largest absolute Gasteiger partial charge is 0.473 e. The van der Waals surface area contributed by atoms with Crippen LogP contribution in [0.5, 0.6) is 5.88 Å². The van der Waals surface area contributed by atoms with Gasteiger partial charge in [0.25, 0.3) is 5.56 Å². The second kappa shape index (κ2) is 3.85. The maximum Gasteiger partial charge on any atom is 0.268 e. The zero-order valence-electron chi connectivity index (χ0n) is 7.37. The Kier molecular flexibility index (Phi) is 2.73. The monoisotopic (exact) mass is 307 g/mol. The molecule has 6 heteroatoms. The van der Waals surface area contributed by atoms with Gasteiger partial charge in [-0.1, -0.05) is 0 Å². The minimum absolute atomic E-state index is 0.118. The number of halogens is 1. The minimum Gasteiger partial charge on any atom is -0.473 e. The van der Waals surface area contributed by atoms with E-state index in [1.807, 2.05) is 22.6 Å². The van der Waals surface area contributed by atoms with Gasteiger partial charge in [-0.25, -0.2) is 4.98 Å². The Morgan fingerprint density at radius 3 is 3.00 bits per heavy atom. The van der Waals surface area contributed by atoms with Gasteiger partial charge in [0.15, 0.2) is 0 Å². The van der Waals surface area contributed by atoms with E-state index in [0.29, 0.717) is 9.45 Å². The SMILES string of the molecule is NC1CC(Oc2nc[nH]c(=O)c2I)C1. The molecule has 5 nitrogen and oxygen atoms in total. The molecule has 0 atom stereocenters. The van der Waals surface area contributed by atoms with E-state index in [1.165, 1.54) is 6.33 Å². The summed E-state index contributed by atoms with van der Waals surface area (Å²) in [7, 11) is 0. The van der Waals surface area contributed by atoms with E-state index < -0.39 is 0 Å². The Hall–Kier alpha value is -0.630. The van der Waals surface area contributed by atoms with E-state index in [2.05, 4.69) is 9.97 Å². The van der Waals surface area contributed by atoms with Crippen molar-refractivity contribution in [3.63, 3.8) is 0 Å². The van der Waals surface area contributed by atoms with Gasteiger partial charge in [-0.2, -0.15) is 0 Å². The van der Waals surface area contributed by atoms with Crippen molar-refractivity contribution in [1.29, 1.82) is 0 Å². The number of aromatic amines is 1. The molecule has 0 aromatic carbocycles. The Morgan fingerprint density at radius 2 is 2.36 bits per heavy atom. The quantitative estimate of drug-likeness (QED) is 0.767. The Labute approximate surface area is 94.2 Å². The molecule has 2 rings (SSSR count). The number of hydrogen-bond donors (Lipinski definition) is 2. The molecule has 3 N–H and O–H groups in total. The number of ether oxygens (including phenoxy) is 1. The zero-order valence-corrected chi connectivity index (χ0v) is 9.52. The van der Waals surface area contributed by atoms with Crippen molar-refractivity contribution in [3.05, 3.63) is 20.3 Å². The van der Waals surface area contributed by atoms with E-state index >= 15 is 0 Å². The number of nitrogens with one attached hydrogen (secondary N) is 1. The maximum atomic E-state index is 11.2. The number of rotatable bonds is 2. The second-order valence-electron chi connectivity index (χ2n) is 3.32. The van der Waals surface area contributed by atoms with Crippen LogP contribution in [0, 0.1) is 3.57 Å². The molecule has 1 aromatic rings. The van der Waals surface area contributed by atoms with Crippen molar-refractivity contribution in [2.45, 2.75) is 25.0 Å². The molecule has 1 aromatic heterocycles. The highest BCUT2D eigenvalue weighted by Crippen LogP contribution is 2.24. The van der Waals surface area contributed by atoms with Gasteiger partial charge in [-0.15, -0.1) is 0 Å². The van der Waals surface area contributed by atoms with Crippen LogP contribution in [0.1, 0.15) is 12.8 Å². The highest BCUT2D eigenvalue weighted by atomic mass is 127. The fraction of sp³-hybridized carbons (Fsp3) is 0.500. The van der Waals surface area contributed by atoms with Crippen molar-refractivity contribution in [2.24, 2.45) is 5.73 Å². The smallest absolute Gasteiger partial charge is 0.268 e. The van der Waals surface area contributed by atoms with Crippen LogP contribution in [-0.4, -0.2) is 22.1 Å². The van der Waals surface area contributed by atoms with Crippen LogP contribution in [0.15, 0.2) is 11.1 Å². The first-order valence-corrected chi connectivity index (χ1v) is 5.40. The predicted octanol–water partition coefficient (Wildman–Crippen LogP) is 0.243. The van der Waals surface area contributed by atoms with Crippen LogP contribution in [0.2, 0.25) is 0 Å². The van der Waals surface area contributed by atoms with Crippen molar-refractivity contribution in [1.82, 2.24) is 9.97 Å². The summed E-state index contributed by atoms with van der Waals surface area (Å²) >= 11 is 1.92. The number of nitrogens with two attached hydrogens (primary N) is 1. The standard InChI is InChI=1S/C8H10IN3O2/c9-6-7(13)11-3-12-8(6)14-5-1-4(10)2-5/h3-5H,1-2,10H2,(H,11,12,13). The van der Waals surface area contributed by atoms with Crippen LogP contribution in [-0.2, 0) is 0 Å². The lowest BCUT2D eigenvalue weighted by molar-refractivity contribution is 0.0944. The molecule has 1 heterocycles. The number of H-pyrrole nitrogens is 1. The molecule has 14 heavy (non-hydrogen) atoms.